The minimum Gasteiger partial charge on any atom is -0.384 e. The van der Waals surface area contributed by atoms with Crippen LogP contribution in [0.1, 0.15) is 5.56 Å². The van der Waals surface area contributed by atoms with Gasteiger partial charge in [-0.1, -0.05) is 35.0 Å². The minimum atomic E-state index is -0.0128. The lowest BCUT2D eigenvalue weighted by Crippen LogP contribution is -2.12. The second-order valence-electron chi connectivity index (χ2n) is 3.45. The van der Waals surface area contributed by atoms with Crippen molar-refractivity contribution in [2.45, 2.75) is 9.92 Å². The largest absolute Gasteiger partial charge is 0.384 e. The van der Waals surface area contributed by atoms with Gasteiger partial charge in [-0.25, -0.2) is 4.98 Å². The number of pyridine rings is 1. The monoisotopic (exact) mass is 297 g/mol. The van der Waals surface area contributed by atoms with Crippen LogP contribution in [0.3, 0.4) is 0 Å². The minimum absolute atomic E-state index is 0.0128. The zero-order valence-corrected chi connectivity index (χ0v) is 11.5. The summed E-state index contributed by atoms with van der Waals surface area (Å²) in [6.45, 7) is 0. The summed E-state index contributed by atoms with van der Waals surface area (Å²) in [6, 6.07) is 8.67. The van der Waals surface area contributed by atoms with Crippen LogP contribution in [-0.4, -0.2) is 10.8 Å². The third kappa shape index (κ3) is 2.96. The lowest BCUT2D eigenvalue weighted by Gasteiger charge is -2.08. The van der Waals surface area contributed by atoms with Gasteiger partial charge < -0.3 is 5.73 Å². The van der Waals surface area contributed by atoms with Crippen LogP contribution in [0.15, 0.2) is 46.5 Å². The fourth-order valence-electron chi connectivity index (χ4n) is 1.35. The van der Waals surface area contributed by atoms with Crippen molar-refractivity contribution >= 4 is 40.8 Å². The molecule has 18 heavy (non-hydrogen) atoms. The molecule has 0 spiro atoms. The molecule has 3 nitrogen and oxygen atoms in total. The van der Waals surface area contributed by atoms with Gasteiger partial charge in [0.15, 0.2) is 0 Å². The molecule has 0 atom stereocenters. The molecule has 0 aliphatic carbocycles. The smallest absolute Gasteiger partial charge is 0.123 e. The van der Waals surface area contributed by atoms with E-state index in [1.54, 1.807) is 36.5 Å². The summed E-state index contributed by atoms with van der Waals surface area (Å²) in [5.41, 5.74) is 6.15. The number of nitrogens with zero attached hydrogens (tertiary/aromatic N) is 1. The van der Waals surface area contributed by atoms with E-state index in [4.69, 9.17) is 34.3 Å². The zero-order chi connectivity index (χ0) is 13.1. The molecular formula is C12H9Cl2N3S. The highest BCUT2D eigenvalue weighted by Gasteiger charge is 2.10. The maximum Gasteiger partial charge on any atom is 0.123 e. The van der Waals surface area contributed by atoms with Gasteiger partial charge in [0.1, 0.15) is 10.9 Å². The Labute approximate surface area is 119 Å². The van der Waals surface area contributed by atoms with Gasteiger partial charge in [0, 0.05) is 21.7 Å². The van der Waals surface area contributed by atoms with Gasteiger partial charge in [0.2, 0.25) is 0 Å². The van der Waals surface area contributed by atoms with Crippen LogP contribution in [0.4, 0.5) is 0 Å². The van der Waals surface area contributed by atoms with Gasteiger partial charge in [0.05, 0.1) is 5.02 Å². The molecule has 0 amide bonds. The van der Waals surface area contributed by atoms with Crippen LogP contribution < -0.4 is 5.73 Å². The van der Waals surface area contributed by atoms with E-state index < -0.39 is 0 Å². The Morgan fingerprint density at radius 3 is 2.72 bits per heavy atom. The molecule has 2 aromatic rings. The number of nitrogens with two attached hydrogens (primary N) is 1. The quantitative estimate of drug-likeness (QED) is 0.668. The molecule has 0 aliphatic heterocycles. The van der Waals surface area contributed by atoms with E-state index in [1.807, 2.05) is 0 Å². The highest BCUT2D eigenvalue weighted by molar-refractivity contribution is 7.99. The third-order valence-corrected chi connectivity index (χ3v) is 3.89. The lowest BCUT2D eigenvalue weighted by atomic mass is 10.2. The van der Waals surface area contributed by atoms with Crippen LogP contribution in [0, 0.1) is 5.41 Å². The molecule has 0 saturated heterocycles. The van der Waals surface area contributed by atoms with Gasteiger partial charge in [-0.3, -0.25) is 5.41 Å². The number of amidine groups is 1. The van der Waals surface area contributed by atoms with Gasteiger partial charge >= 0.3 is 0 Å². The lowest BCUT2D eigenvalue weighted by molar-refractivity contribution is 1.13. The molecule has 0 radical (unpaired) electrons. The topological polar surface area (TPSA) is 62.8 Å². The molecule has 3 N–H and O–H groups in total. The van der Waals surface area contributed by atoms with Crippen molar-refractivity contribution in [2.24, 2.45) is 5.73 Å². The van der Waals surface area contributed by atoms with Crippen molar-refractivity contribution in [3.05, 3.63) is 52.1 Å². The molecule has 1 heterocycles. The second kappa shape index (κ2) is 5.61. The highest BCUT2D eigenvalue weighted by Crippen LogP contribution is 2.34. The molecule has 0 saturated carbocycles. The number of benzene rings is 1. The van der Waals surface area contributed by atoms with E-state index >= 15 is 0 Å². The standard InChI is InChI=1S/C12H9Cl2N3S/c13-7-3-4-8(11(15)16)10(6-7)18-12-9(14)2-1-5-17-12/h1-6H,(H3,15,16). The normalized spacial score (nSPS) is 10.3. The van der Waals surface area contributed by atoms with Crippen LogP contribution in [0.25, 0.3) is 0 Å². The molecule has 92 valence electrons. The average molecular weight is 298 g/mol. The number of hydrogen-bond donors (Lipinski definition) is 2. The number of nitrogens with one attached hydrogen (secondary N) is 1. The number of hydrogen-bond acceptors (Lipinski definition) is 3. The first kappa shape index (κ1) is 13.2. The number of aromatic nitrogens is 1. The fourth-order valence-corrected chi connectivity index (χ4v) is 2.79. The Kier molecular flexibility index (Phi) is 4.11. The van der Waals surface area contributed by atoms with Crippen LogP contribution in [0.5, 0.6) is 0 Å². The molecule has 6 heteroatoms. The van der Waals surface area contributed by atoms with Gasteiger partial charge in [-0.05, 0) is 30.3 Å². The molecule has 0 aliphatic rings. The van der Waals surface area contributed by atoms with Gasteiger partial charge in [0.25, 0.3) is 0 Å². The average Bonchev–Trinajstić information content (AvgIpc) is 2.32. The molecular weight excluding hydrogens is 289 g/mol. The summed E-state index contributed by atoms with van der Waals surface area (Å²) in [7, 11) is 0. The first-order valence-electron chi connectivity index (χ1n) is 5.00. The second-order valence-corrected chi connectivity index (χ2v) is 5.32. The summed E-state index contributed by atoms with van der Waals surface area (Å²) in [6.07, 6.45) is 1.66. The van der Waals surface area contributed by atoms with E-state index in [0.717, 1.165) is 4.90 Å². The fraction of sp³-hybridized carbons (Fsp3) is 0. The highest BCUT2D eigenvalue weighted by atomic mass is 35.5. The van der Waals surface area contributed by atoms with Crippen LogP contribution in [-0.2, 0) is 0 Å². The van der Waals surface area contributed by atoms with Gasteiger partial charge in [-0.15, -0.1) is 0 Å². The van der Waals surface area contributed by atoms with Crippen molar-refractivity contribution in [2.75, 3.05) is 0 Å². The Bertz CT molecular complexity index is 602. The first-order valence-corrected chi connectivity index (χ1v) is 6.57. The van der Waals surface area contributed by atoms with Crippen molar-refractivity contribution < 1.29 is 0 Å². The Hall–Kier alpha value is -1.23. The summed E-state index contributed by atoms with van der Waals surface area (Å²) < 4.78 is 0. The predicted octanol–water partition coefficient (Wildman–Crippen LogP) is 3.82. The Balaban J connectivity index is 2.42. The number of halogens is 2. The molecule has 0 unspecified atom stereocenters. The molecule has 2 rings (SSSR count). The molecule has 0 fully saturated rings. The van der Waals surface area contributed by atoms with E-state index in [1.165, 1.54) is 11.8 Å². The zero-order valence-electron chi connectivity index (χ0n) is 9.15. The summed E-state index contributed by atoms with van der Waals surface area (Å²) >= 11 is 13.3. The van der Waals surface area contributed by atoms with Gasteiger partial charge in [-0.2, -0.15) is 0 Å². The summed E-state index contributed by atoms with van der Waals surface area (Å²) in [5, 5.41) is 9.32. The molecule has 1 aromatic heterocycles. The predicted molar refractivity (Wildman–Crippen MR) is 75.8 cm³/mol. The first-order chi connectivity index (χ1) is 8.58. The van der Waals surface area contributed by atoms with E-state index in [0.29, 0.717) is 20.6 Å². The van der Waals surface area contributed by atoms with E-state index in [9.17, 15) is 0 Å². The van der Waals surface area contributed by atoms with Crippen molar-refractivity contribution in [1.82, 2.24) is 4.98 Å². The number of nitrogen functional groups attached to an aromatic ring is 1. The SMILES string of the molecule is N=C(N)c1ccc(Cl)cc1Sc1ncccc1Cl. The summed E-state index contributed by atoms with van der Waals surface area (Å²) in [5.74, 6) is -0.0128. The van der Waals surface area contributed by atoms with Crippen LogP contribution >= 0.6 is 35.0 Å². The summed E-state index contributed by atoms with van der Waals surface area (Å²) in [4.78, 5) is 4.94. The molecule has 0 bridgehead atoms. The van der Waals surface area contributed by atoms with Crippen molar-refractivity contribution in [3.63, 3.8) is 0 Å². The van der Waals surface area contributed by atoms with E-state index in [-0.39, 0.29) is 5.84 Å². The Morgan fingerprint density at radius 1 is 1.28 bits per heavy atom. The van der Waals surface area contributed by atoms with Crippen molar-refractivity contribution in [3.8, 4) is 0 Å². The Morgan fingerprint density at radius 2 is 2.06 bits per heavy atom. The van der Waals surface area contributed by atoms with Crippen molar-refractivity contribution in [1.29, 1.82) is 5.41 Å². The maximum atomic E-state index is 7.53. The third-order valence-electron chi connectivity index (χ3n) is 2.17. The van der Waals surface area contributed by atoms with Crippen LogP contribution in [0.2, 0.25) is 10.0 Å². The maximum absolute atomic E-state index is 7.53. The molecule has 1 aromatic carbocycles. The van der Waals surface area contributed by atoms with E-state index in [2.05, 4.69) is 4.98 Å². The number of rotatable bonds is 3.